The number of hydrogen-bond donors (Lipinski definition) is 2. The van der Waals surface area contributed by atoms with Gasteiger partial charge in [0, 0.05) is 11.1 Å². The van der Waals surface area contributed by atoms with Crippen LogP contribution in [0.15, 0.2) is 75.6 Å². The van der Waals surface area contributed by atoms with Crippen LogP contribution >= 0.6 is 47.0 Å². The van der Waals surface area contributed by atoms with Crippen molar-refractivity contribution in [2.45, 2.75) is 26.2 Å². The van der Waals surface area contributed by atoms with Gasteiger partial charge in [-0.15, -0.1) is 0 Å². The van der Waals surface area contributed by atoms with E-state index in [1.165, 1.54) is 11.6 Å². The molecule has 2 aromatic heterocycles. The van der Waals surface area contributed by atoms with Crippen LogP contribution in [-0.2, 0) is 0 Å². The molecule has 5 aromatic rings. The van der Waals surface area contributed by atoms with Gasteiger partial charge in [0.1, 0.15) is 11.3 Å². The first-order valence-electron chi connectivity index (χ1n) is 12.1. The zero-order valence-corrected chi connectivity index (χ0v) is 23.9. The van der Waals surface area contributed by atoms with Crippen LogP contribution in [0.3, 0.4) is 0 Å². The molecular formula is C29H22Cl3N3O3S. The Labute approximate surface area is 245 Å². The Morgan fingerprint density at radius 3 is 2.62 bits per heavy atom. The van der Waals surface area contributed by atoms with Crippen molar-refractivity contribution in [3.05, 3.63) is 93.1 Å². The first-order valence-corrected chi connectivity index (χ1v) is 13.6. The van der Waals surface area contributed by atoms with Gasteiger partial charge in [-0.25, -0.2) is 4.98 Å². The largest absolute Gasteiger partial charge is 0.451 e. The number of fused-ring (bicyclic) bond motifs is 1. The average Bonchev–Trinajstić information content (AvgIpc) is 3.58. The number of oxazole rings is 1. The molecule has 0 saturated carbocycles. The van der Waals surface area contributed by atoms with E-state index in [0.717, 1.165) is 11.9 Å². The van der Waals surface area contributed by atoms with Gasteiger partial charge < -0.3 is 14.2 Å². The standard InChI is InChI=1S/C29H22Cl3N3O3S/c1-3-15(2)16-8-10-24-22(13-16)33-28(38-24)17-7-9-19(30)21(14-17)34-29(39)35-27(36)25-12-11-23(37-25)18-5-4-6-20(31)26(18)32/h4-15H,3H2,1-2H3,(H2,34,35,36,39). The maximum atomic E-state index is 12.8. The minimum atomic E-state index is -0.541. The molecule has 39 heavy (non-hydrogen) atoms. The van der Waals surface area contributed by atoms with E-state index in [1.807, 2.05) is 6.07 Å². The number of benzene rings is 3. The molecule has 0 saturated heterocycles. The highest BCUT2D eigenvalue weighted by Gasteiger charge is 2.17. The lowest BCUT2D eigenvalue weighted by Crippen LogP contribution is -2.34. The molecule has 0 radical (unpaired) electrons. The average molecular weight is 599 g/mol. The molecule has 5 rings (SSSR count). The van der Waals surface area contributed by atoms with Crippen LogP contribution in [0.2, 0.25) is 15.1 Å². The Kier molecular flexibility index (Phi) is 7.96. The van der Waals surface area contributed by atoms with Crippen molar-refractivity contribution in [3.63, 3.8) is 0 Å². The van der Waals surface area contributed by atoms with Gasteiger partial charge in [-0.3, -0.25) is 10.1 Å². The molecule has 2 heterocycles. The zero-order chi connectivity index (χ0) is 27.7. The number of nitrogens with zero attached hydrogens (tertiary/aromatic N) is 1. The number of aromatic nitrogens is 1. The van der Waals surface area contributed by atoms with Gasteiger partial charge in [0.05, 0.1) is 20.8 Å². The fourth-order valence-electron chi connectivity index (χ4n) is 3.98. The maximum absolute atomic E-state index is 12.8. The number of carbonyl (C=O) groups excluding carboxylic acids is 1. The number of carbonyl (C=O) groups is 1. The molecule has 1 amide bonds. The molecule has 1 unspecified atom stereocenters. The normalized spacial score (nSPS) is 11.9. The summed E-state index contributed by atoms with van der Waals surface area (Å²) in [5.74, 6) is 0.786. The number of thiocarbonyl (C=S) groups is 1. The molecule has 0 fully saturated rings. The Morgan fingerprint density at radius 1 is 1.00 bits per heavy atom. The Bertz CT molecular complexity index is 1710. The number of anilines is 1. The lowest BCUT2D eigenvalue weighted by atomic mass is 9.98. The summed E-state index contributed by atoms with van der Waals surface area (Å²) in [6.07, 6.45) is 1.04. The van der Waals surface area contributed by atoms with E-state index in [2.05, 4.69) is 41.6 Å². The van der Waals surface area contributed by atoms with Gasteiger partial charge in [-0.05, 0) is 84.7 Å². The van der Waals surface area contributed by atoms with Gasteiger partial charge in [0.15, 0.2) is 16.5 Å². The number of nitrogens with one attached hydrogen (secondary N) is 2. The molecule has 198 valence electrons. The summed E-state index contributed by atoms with van der Waals surface area (Å²) in [6.45, 7) is 4.34. The second-order valence-corrected chi connectivity index (χ2v) is 10.5. The number of amides is 1. The highest BCUT2D eigenvalue weighted by molar-refractivity contribution is 7.80. The van der Waals surface area contributed by atoms with Gasteiger partial charge in [0.2, 0.25) is 5.89 Å². The van der Waals surface area contributed by atoms with Crippen LogP contribution in [0.25, 0.3) is 33.9 Å². The van der Waals surface area contributed by atoms with E-state index in [0.29, 0.717) is 55.0 Å². The molecule has 10 heteroatoms. The summed E-state index contributed by atoms with van der Waals surface area (Å²) in [4.78, 5) is 17.4. The van der Waals surface area contributed by atoms with Crippen molar-refractivity contribution in [1.82, 2.24) is 10.3 Å². The molecular weight excluding hydrogens is 577 g/mol. The van der Waals surface area contributed by atoms with Crippen LogP contribution in [0.1, 0.15) is 42.3 Å². The van der Waals surface area contributed by atoms with Crippen molar-refractivity contribution in [2.24, 2.45) is 0 Å². The first kappa shape index (κ1) is 27.2. The van der Waals surface area contributed by atoms with Gasteiger partial charge in [-0.1, -0.05) is 60.8 Å². The van der Waals surface area contributed by atoms with Crippen LogP contribution in [-0.4, -0.2) is 16.0 Å². The van der Waals surface area contributed by atoms with Crippen LogP contribution < -0.4 is 10.6 Å². The van der Waals surface area contributed by atoms with Crippen molar-refractivity contribution in [3.8, 4) is 22.8 Å². The van der Waals surface area contributed by atoms with Crippen molar-refractivity contribution < 1.29 is 13.6 Å². The first-order chi connectivity index (χ1) is 18.7. The van der Waals surface area contributed by atoms with E-state index in [4.69, 9.17) is 55.9 Å². The molecule has 0 aliphatic rings. The van der Waals surface area contributed by atoms with Gasteiger partial charge >= 0.3 is 0 Å². The zero-order valence-electron chi connectivity index (χ0n) is 20.8. The molecule has 6 nitrogen and oxygen atoms in total. The van der Waals surface area contributed by atoms with Crippen LogP contribution in [0, 0.1) is 0 Å². The van der Waals surface area contributed by atoms with E-state index < -0.39 is 5.91 Å². The fourth-order valence-corrected chi connectivity index (χ4v) is 4.74. The lowest BCUT2D eigenvalue weighted by Gasteiger charge is -2.11. The molecule has 0 bridgehead atoms. The smallest absolute Gasteiger partial charge is 0.293 e. The molecule has 0 spiro atoms. The summed E-state index contributed by atoms with van der Waals surface area (Å²) in [5, 5.41) is 6.72. The molecule has 0 aliphatic heterocycles. The Hall–Kier alpha value is -3.36. The maximum Gasteiger partial charge on any atom is 0.293 e. The Balaban J connectivity index is 1.30. The van der Waals surface area contributed by atoms with Crippen molar-refractivity contribution in [1.29, 1.82) is 0 Å². The highest BCUT2D eigenvalue weighted by atomic mass is 35.5. The highest BCUT2D eigenvalue weighted by Crippen LogP contribution is 2.35. The second-order valence-electron chi connectivity index (χ2n) is 8.92. The third-order valence-electron chi connectivity index (χ3n) is 6.33. The van der Waals surface area contributed by atoms with Crippen molar-refractivity contribution >= 4 is 74.8 Å². The third-order valence-corrected chi connectivity index (χ3v) is 7.68. The summed E-state index contributed by atoms with van der Waals surface area (Å²) in [5.41, 5.74) is 4.44. The summed E-state index contributed by atoms with van der Waals surface area (Å²) < 4.78 is 11.7. The number of halogens is 3. The van der Waals surface area contributed by atoms with E-state index in [-0.39, 0.29) is 10.9 Å². The third kappa shape index (κ3) is 5.82. The Morgan fingerprint density at radius 2 is 1.82 bits per heavy atom. The second kappa shape index (κ2) is 11.4. The summed E-state index contributed by atoms with van der Waals surface area (Å²) >= 11 is 24.1. The van der Waals surface area contributed by atoms with Crippen molar-refractivity contribution in [2.75, 3.05) is 5.32 Å². The van der Waals surface area contributed by atoms with Gasteiger partial charge in [0.25, 0.3) is 5.91 Å². The van der Waals surface area contributed by atoms with Crippen LogP contribution in [0.5, 0.6) is 0 Å². The van der Waals surface area contributed by atoms with E-state index in [1.54, 1.807) is 42.5 Å². The SMILES string of the molecule is CCC(C)c1ccc2oc(-c3ccc(Cl)c(NC(=S)NC(=O)c4ccc(-c5cccc(Cl)c5Cl)o4)c3)nc2c1. The molecule has 1 atom stereocenters. The minimum Gasteiger partial charge on any atom is -0.451 e. The quantitative estimate of drug-likeness (QED) is 0.190. The molecule has 3 aromatic carbocycles. The predicted molar refractivity (Wildman–Crippen MR) is 161 cm³/mol. The minimum absolute atomic E-state index is 0.0357. The van der Waals surface area contributed by atoms with E-state index >= 15 is 0 Å². The van der Waals surface area contributed by atoms with Crippen LogP contribution in [0.4, 0.5) is 5.69 Å². The molecule has 2 N–H and O–H groups in total. The predicted octanol–water partition coefficient (Wildman–Crippen LogP) is 9.36. The number of furan rings is 1. The monoisotopic (exact) mass is 597 g/mol. The lowest BCUT2D eigenvalue weighted by molar-refractivity contribution is 0.0951. The fraction of sp³-hybridized carbons (Fsp3) is 0.138. The summed E-state index contributed by atoms with van der Waals surface area (Å²) in [7, 11) is 0. The molecule has 0 aliphatic carbocycles. The number of rotatable bonds is 6. The van der Waals surface area contributed by atoms with Gasteiger partial charge in [-0.2, -0.15) is 0 Å². The number of hydrogen-bond acceptors (Lipinski definition) is 5. The summed E-state index contributed by atoms with van der Waals surface area (Å²) in [6, 6.07) is 19.6. The van der Waals surface area contributed by atoms with E-state index in [9.17, 15) is 4.79 Å². The topological polar surface area (TPSA) is 80.3 Å².